The van der Waals surface area contributed by atoms with Gasteiger partial charge in [0.2, 0.25) is 0 Å². The molecule has 0 heterocycles. The van der Waals surface area contributed by atoms with Crippen molar-refractivity contribution in [3.05, 3.63) is 35.9 Å². The van der Waals surface area contributed by atoms with Crippen LogP contribution in [0.2, 0.25) is 0 Å². The predicted molar refractivity (Wildman–Crippen MR) is 59.9 cm³/mol. The standard InChI is InChI=1S/C11H19N3/c1-14(2)8-10(12)11(13)9-6-4-3-5-7-9/h3-7,10-11H,8,12-13H2,1-2H3/t10-,11+/m1/s1. The van der Waals surface area contributed by atoms with Crippen LogP contribution in [0, 0.1) is 0 Å². The molecular formula is C11H19N3. The Labute approximate surface area is 85.7 Å². The Morgan fingerprint density at radius 1 is 1.14 bits per heavy atom. The third-order valence-corrected chi connectivity index (χ3v) is 2.22. The lowest BCUT2D eigenvalue weighted by atomic mass is 10.0. The summed E-state index contributed by atoms with van der Waals surface area (Å²) in [6.45, 7) is 0.802. The van der Waals surface area contributed by atoms with E-state index in [9.17, 15) is 0 Å². The first-order valence-corrected chi connectivity index (χ1v) is 4.82. The SMILES string of the molecule is CN(C)C[C@@H](N)[C@@H](N)c1ccccc1. The largest absolute Gasteiger partial charge is 0.325 e. The lowest BCUT2D eigenvalue weighted by molar-refractivity contribution is 0.347. The minimum Gasteiger partial charge on any atom is -0.325 e. The summed E-state index contributed by atoms with van der Waals surface area (Å²) in [6.07, 6.45) is 0. The van der Waals surface area contributed by atoms with E-state index in [1.165, 1.54) is 0 Å². The molecule has 0 aliphatic carbocycles. The average molecular weight is 193 g/mol. The van der Waals surface area contributed by atoms with Crippen LogP contribution in [0.3, 0.4) is 0 Å². The summed E-state index contributed by atoms with van der Waals surface area (Å²) in [5.41, 5.74) is 13.1. The Balaban J connectivity index is 2.61. The van der Waals surface area contributed by atoms with Crippen molar-refractivity contribution in [2.45, 2.75) is 12.1 Å². The molecule has 0 aliphatic rings. The van der Waals surface area contributed by atoms with Gasteiger partial charge in [0.1, 0.15) is 0 Å². The van der Waals surface area contributed by atoms with Crippen LogP contribution in [0.15, 0.2) is 30.3 Å². The van der Waals surface area contributed by atoms with E-state index in [1.54, 1.807) is 0 Å². The highest BCUT2D eigenvalue weighted by molar-refractivity contribution is 5.20. The lowest BCUT2D eigenvalue weighted by Gasteiger charge is -2.23. The fourth-order valence-electron chi connectivity index (χ4n) is 1.46. The smallest absolute Gasteiger partial charge is 0.0461 e. The second-order valence-corrected chi connectivity index (χ2v) is 3.86. The number of nitrogens with zero attached hydrogens (tertiary/aromatic N) is 1. The Morgan fingerprint density at radius 3 is 2.21 bits per heavy atom. The van der Waals surface area contributed by atoms with Crippen LogP contribution in [0.4, 0.5) is 0 Å². The lowest BCUT2D eigenvalue weighted by Crippen LogP contribution is -2.41. The molecule has 0 amide bonds. The quantitative estimate of drug-likeness (QED) is 0.735. The molecule has 1 aromatic carbocycles. The summed E-state index contributed by atoms with van der Waals surface area (Å²) in [7, 11) is 4.00. The summed E-state index contributed by atoms with van der Waals surface area (Å²) in [4.78, 5) is 2.05. The van der Waals surface area contributed by atoms with Gasteiger partial charge in [0.15, 0.2) is 0 Å². The van der Waals surface area contributed by atoms with Gasteiger partial charge in [-0.1, -0.05) is 30.3 Å². The molecule has 1 aromatic rings. The first-order valence-electron chi connectivity index (χ1n) is 4.82. The van der Waals surface area contributed by atoms with Crippen molar-refractivity contribution in [3.8, 4) is 0 Å². The minimum atomic E-state index is -0.0846. The van der Waals surface area contributed by atoms with Crippen molar-refractivity contribution in [2.24, 2.45) is 11.5 Å². The molecule has 0 aromatic heterocycles. The van der Waals surface area contributed by atoms with Crippen LogP contribution in [0.1, 0.15) is 11.6 Å². The van der Waals surface area contributed by atoms with Gasteiger partial charge in [-0.05, 0) is 19.7 Å². The zero-order valence-corrected chi connectivity index (χ0v) is 8.85. The van der Waals surface area contributed by atoms with Crippen LogP contribution in [-0.4, -0.2) is 31.6 Å². The molecule has 3 nitrogen and oxygen atoms in total. The molecular weight excluding hydrogens is 174 g/mol. The van der Waals surface area contributed by atoms with Crippen molar-refractivity contribution in [2.75, 3.05) is 20.6 Å². The van der Waals surface area contributed by atoms with E-state index in [2.05, 4.69) is 0 Å². The van der Waals surface area contributed by atoms with Crippen molar-refractivity contribution >= 4 is 0 Å². The van der Waals surface area contributed by atoms with E-state index in [4.69, 9.17) is 11.5 Å². The Morgan fingerprint density at radius 2 is 1.71 bits per heavy atom. The van der Waals surface area contributed by atoms with Crippen molar-refractivity contribution in [1.29, 1.82) is 0 Å². The second-order valence-electron chi connectivity index (χ2n) is 3.86. The molecule has 78 valence electrons. The first kappa shape index (κ1) is 11.2. The highest BCUT2D eigenvalue weighted by Crippen LogP contribution is 2.12. The van der Waals surface area contributed by atoms with E-state index < -0.39 is 0 Å². The summed E-state index contributed by atoms with van der Waals surface area (Å²) in [5.74, 6) is 0. The Kier molecular flexibility index (Phi) is 4.07. The maximum absolute atomic E-state index is 6.04. The highest BCUT2D eigenvalue weighted by Gasteiger charge is 2.15. The average Bonchev–Trinajstić information content (AvgIpc) is 2.17. The molecule has 0 saturated heterocycles. The molecule has 1 rings (SSSR count). The number of likely N-dealkylation sites (N-methyl/N-ethyl adjacent to an activating group) is 1. The summed E-state index contributed by atoms with van der Waals surface area (Å²) < 4.78 is 0. The number of benzene rings is 1. The molecule has 0 spiro atoms. The van der Waals surface area contributed by atoms with Crippen LogP contribution >= 0.6 is 0 Å². The molecule has 2 atom stereocenters. The van der Waals surface area contributed by atoms with Crippen molar-refractivity contribution in [1.82, 2.24) is 4.90 Å². The number of hydrogen-bond donors (Lipinski definition) is 2. The van der Waals surface area contributed by atoms with E-state index in [1.807, 2.05) is 49.3 Å². The second kappa shape index (κ2) is 5.10. The molecule has 0 bridgehead atoms. The van der Waals surface area contributed by atoms with Crippen LogP contribution < -0.4 is 11.5 Å². The highest BCUT2D eigenvalue weighted by atomic mass is 15.1. The molecule has 4 N–H and O–H groups in total. The van der Waals surface area contributed by atoms with Gasteiger partial charge in [-0.25, -0.2) is 0 Å². The zero-order chi connectivity index (χ0) is 10.6. The summed E-state index contributed by atoms with van der Waals surface area (Å²) in [6, 6.07) is 9.87. The molecule has 0 aliphatic heterocycles. The number of hydrogen-bond acceptors (Lipinski definition) is 3. The normalized spacial score (nSPS) is 15.5. The van der Waals surface area contributed by atoms with Gasteiger partial charge in [-0.15, -0.1) is 0 Å². The fourth-order valence-corrected chi connectivity index (χ4v) is 1.46. The molecule has 3 heteroatoms. The summed E-state index contributed by atoms with van der Waals surface area (Å²) in [5, 5.41) is 0. The summed E-state index contributed by atoms with van der Waals surface area (Å²) >= 11 is 0. The molecule has 14 heavy (non-hydrogen) atoms. The Bertz CT molecular complexity index is 258. The van der Waals surface area contributed by atoms with Crippen molar-refractivity contribution in [3.63, 3.8) is 0 Å². The molecule has 0 saturated carbocycles. The van der Waals surface area contributed by atoms with Gasteiger partial charge >= 0.3 is 0 Å². The van der Waals surface area contributed by atoms with Crippen LogP contribution in [0.25, 0.3) is 0 Å². The third-order valence-electron chi connectivity index (χ3n) is 2.22. The minimum absolute atomic E-state index is 0.0209. The van der Waals surface area contributed by atoms with Gasteiger partial charge < -0.3 is 16.4 Å². The molecule has 0 radical (unpaired) electrons. The van der Waals surface area contributed by atoms with E-state index in [-0.39, 0.29) is 12.1 Å². The van der Waals surface area contributed by atoms with Gasteiger partial charge in [0, 0.05) is 18.6 Å². The van der Waals surface area contributed by atoms with E-state index in [0.29, 0.717) is 0 Å². The third kappa shape index (κ3) is 3.10. The zero-order valence-electron chi connectivity index (χ0n) is 8.85. The van der Waals surface area contributed by atoms with Crippen LogP contribution in [-0.2, 0) is 0 Å². The topological polar surface area (TPSA) is 55.3 Å². The maximum atomic E-state index is 6.04. The fraction of sp³-hybridized carbons (Fsp3) is 0.455. The monoisotopic (exact) mass is 193 g/mol. The Hall–Kier alpha value is -0.900. The molecule has 0 fully saturated rings. The van der Waals surface area contributed by atoms with Crippen molar-refractivity contribution < 1.29 is 0 Å². The first-order chi connectivity index (χ1) is 6.61. The number of nitrogens with two attached hydrogens (primary N) is 2. The van der Waals surface area contributed by atoms with Crippen LogP contribution in [0.5, 0.6) is 0 Å². The van der Waals surface area contributed by atoms with Gasteiger partial charge in [-0.3, -0.25) is 0 Å². The van der Waals surface area contributed by atoms with Gasteiger partial charge in [0.05, 0.1) is 0 Å². The van der Waals surface area contributed by atoms with E-state index >= 15 is 0 Å². The van der Waals surface area contributed by atoms with E-state index in [0.717, 1.165) is 12.1 Å². The maximum Gasteiger partial charge on any atom is 0.0461 e. The van der Waals surface area contributed by atoms with Gasteiger partial charge in [-0.2, -0.15) is 0 Å². The number of rotatable bonds is 4. The van der Waals surface area contributed by atoms with Gasteiger partial charge in [0.25, 0.3) is 0 Å². The molecule has 0 unspecified atom stereocenters. The predicted octanol–water partition coefficient (Wildman–Crippen LogP) is 0.575.